The number of Topliss-reactive ketones (excluding diaryl/α,β-unsaturated/α-hetero) is 1. The molecule has 3 heteroatoms. The lowest BCUT2D eigenvalue weighted by atomic mass is 10.1. The Kier molecular flexibility index (Phi) is 4.15. The number of nitrogens with one attached hydrogen (secondary N) is 1. The van der Waals surface area contributed by atoms with Crippen LogP contribution in [0, 0.1) is 0 Å². The van der Waals surface area contributed by atoms with Gasteiger partial charge in [0.05, 0.1) is 0 Å². The fourth-order valence-electron chi connectivity index (χ4n) is 2.21. The molecule has 1 heterocycles. The second-order valence-electron chi connectivity index (χ2n) is 4.55. The van der Waals surface area contributed by atoms with Crippen molar-refractivity contribution in [2.75, 3.05) is 31.1 Å². The van der Waals surface area contributed by atoms with Crippen LogP contribution in [0.25, 0.3) is 0 Å². The van der Waals surface area contributed by atoms with Gasteiger partial charge >= 0.3 is 0 Å². The molecule has 3 nitrogen and oxygen atoms in total. The molecule has 1 aliphatic rings. The number of ketones is 1. The third kappa shape index (κ3) is 3.30. The Bertz CT molecular complexity index is 382. The minimum atomic E-state index is 0.139. The molecule has 0 unspecified atom stereocenters. The first-order valence-electron chi connectivity index (χ1n) is 6.34. The molecule has 1 N–H and O–H groups in total. The Hall–Kier alpha value is -1.35. The topological polar surface area (TPSA) is 32.3 Å². The number of hydrogen-bond acceptors (Lipinski definition) is 3. The van der Waals surface area contributed by atoms with Gasteiger partial charge in [-0.05, 0) is 45.0 Å². The summed E-state index contributed by atoms with van der Waals surface area (Å²) in [4.78, 5) is 13.8. The summed E-state index contributed by atoms with van der Waals surface area (Å²) in [6.45, 7) is 5.92. The van der Waals surface area contributed by atoms with Crippen molar-refractivity contribution in [3.8, 4) is 0 Å². The van der Waals surface area contributed by atoms with Crippen molar-refractivity contribution in [2.45, 2.75) is 19.8 Å². The van der Waals surface area contributed by atoms with Crippen molar-refractivity contribution in [3.63, 3.8) is 0 Å². The Labute approximate surface area is 103 Å². The van der Waals surface area contributed by atoms with Crippen LogP contribution in [-0.2, 0) is 0 Å². The number of benzene rings is 1. The van der Waals surface area contributed by atoms with Crippen molar-refractivity contribution in [2.24, 2.45) is 0 Å². The van der Waals surface area contributed by atoms with Crippen molar-refractivity contribution in [1.82, 2.24) is 5.32 Å². The van der Waals surface area contributed by atoms with Gasteiger partial charge in [0.25, 0.3) is 0 Å². The summed E-state index contributed by atoms with van der Waals surface area (Å²) in [5.74, 6) is 0.139. The predicted octanol–water partition coefficient (Wildman–Crippen LogP) is 2.08. The van der Waals surface area contributed by atoms with E-state index in [9.17, 15) is 4.79 Å². The van der Waals surface area contributed by atoms with Crippen LogP contribution in [0.5, 0.6) is 0 Å². The lowest BCUT2D eigenvalue weighted by Gasteiger charge is -2.27. The van der Waals surface area contributed by atoms with E-state index in [-0.39, 0.29) is 5.78 Å². The van der Waals surface area contributed by atoms with Crippen molar-refractivity contribution in [3.05, 3.63) is 29.8 Å². The van der Waals surface area contributed by atoms with E-state index >= 15 is 0 Å². The first-order chi connectivity index (χ1) is 8.27. The highest BCUT2D eigenvalue weighted by Crippen LogP contribution is 2.17. The zero-order valence-electron chi connectivity index (χ0n) is 10.4. The number of nitrogens with zero attached hydrogens (tertiary/aromatic N) is 1. The van der Waals surface area contributed by atoms with E-state index in [1.165, 1.54) is 5.69 Å². The Balaban J connectivity index is 2.13. The van der Waals surface area contributed by atoms with Gasteiger partial charge in [-0.3, -0.25) is 4.79 Å². The Morgan fingerprint density at radius 2 is 1.94 bits per heavy atom. The summed E-state index contributed by atoms with van der Waals surface area (Å²) in [5.41, 5.74) is 1.99. The summed E-state index contributed by atoms with van der Waals surface area (Å²) < 4.78 is 0. The van der Waals surface area contributed by atoms with E-state index in [0.717, 1.165) is 44.6 Å². The average molecular weight is 232 g/mol. The van der Waals surface area contributed by atoms with Gasteiger partial charge < -0.3 is 10.2 Å². The van der Waals surface area contributed by atoms with Gasteiger partial charge in [0, 0.05) is 24.3 Å². The number of carbonyl (C=O) groups is 1. The molecular weight excluding hydrogens is 212 g/mol. The van der Waals surface area contributed by atoms with Crippen molar-refractivity contribution < 1.29 is 4.79 Å². The first kappa shape index (κ1) is 12.1. The fraction of sp³-hybridized carbons (Fsp3) is 0.500. The fourth-order valence-corrected chi connectivity index (χ4v) is 2.21. The van der Waals surface area contributed by atoms with E-state index in [1.54, 1.807) is 6.92 Å². The monoisotopic (exact) mass is 232 g/mol. The quantitative estimate of drug-likeness (QED) is 0.792. The third-order valence-electron chi connectivity index (χ3n) is 3.18. The van der Waals surface area contributed by atoms with Gasteiger partial charge in [0.1, 0.15) is 0 Å². The van der Waals surface area contributed by atoms with E-state index in [2.05, 4.69) is 16.3 Å². The second-order valence-corrected chi connectivity index (χ2v) is 4.55. The average Bonchev–Trinajstić information content (AvgIpc) is 2.28. The van der Waals surface area contributed by atoms with Gasteiger partial charge in [0.15, 0.2) is 5.78 Å². The lowest BCUT2D eigenvalue weighted by molar-refractivity contribution is 0.101. The normalized spacial score (nSPS) is 17.4. The predicted molar refractivity (Wildman–Crippen MR) is 70.8 cm³/mol. The van der Waals surface area contributed by atoms with Crippen LogP contribution < -0.4 is 10.2 Å². The summed E-state index contributed by atoms with van der Waals surface area (Å²) in [6, 6.07) is 7.97. The highest BCUT2D eigenvalue weighted by atomic mass is 16.1. The van der Waals surface area contributed by atoms with E-state index in [0.29, 0.717) is 0 Å². The number of hydrogen-bond donors (Lipinski definition) is 1. The highest BCUT2D eigenvalue weighted by molar-refractivity contribution is 5.94. The van der Waals surface area contributed by atoms with E-state index in [1.807, 2.05) is 18.2 Å². The minimum Gasteiger partial charge on any atom is -0.371 e. The molecule has 0 bridgehead atoms. The van der Waals surface area contributed by atoms with Crippen LogP contribution in [0.3, 0.4) is 0 Å². The smallest absolute Gasteiger partial charge is 0.159 e. The Morgan fingerprint density at radius 1 is 1.24 bits per heavy atom. The van der Waals surface area contributed by atoms with Crippen molar-refractivity contribution in [1.29, 1.82) is 0 Å². The van der Waals surface area contributed by atoms with Crippen LogP contribution in [0.4, 0.5) is 5.69 Å². The van der Waals surface area contributed by atoms with Crippen LogP contribution in [0.15, 0.2) is 24.3 Å². The van der Waals surface area contributed by atoms with Crippen LogP contribution in [0.1, 0.15) is 30.1 Å². The summed E-state index contributed by atoms with van der Waals surface area (Å²) in [5, 5.41) is 3.41. The first-order valence-corrected chi connectivity index (χ1v) is 6.34. The zero-order valence-corrected chi connectivity index (χ0v) is 10.4. The molecular formula is C14H20N2O. The molecule has 0 spiro atoms. The lowest BCUT2D eigenvalue weighted by Crippen LogP contribution is -2.33. The molecule has 17 heavy (non-hydrogen) atoms. The molecule has 1 aliphatic heterocycles. The minimum absolute atomic E-state index is 0.139. The van der Waals surface area contributed by atoms with Gasteiger partial charge in [-0.1, -0.05) is 12.1 Å². The second kappa shape index (κ2) is 5.82. The summed E-state index contributed by atoms with van der Waals surface area (Å²) in [6.07, 6.45) is 2.31. The zero-order chi connectivity index (χ0) is 12.1. The largest absolute Gasteiger partial charge is 0.371 e. The molecule has 0 saturated carbocycles. The van der Waals surface area contributed by atoms with Gasteiger partial charge in [-0.2, -0.15) is 0 Å². The molecule has 1 aromatic carbocycles. The molecule has 1 fully saturated rings. The number of carbonyl (C=O) groups excluding carboxylic acids is 1. The molecule has 0 aliphatic carbocycles. The molecule has 0 aromatic heterocycles. The molecule has 0 amide bonds. The summed E-state index contributed by atoms with van der Waals surface area (Å²) >= 11 is 0. The van der Waals surface area contributed by atoms with Crippen LogP contribution in [-0.4, -0.2) is 32.0 Å². The third-order valence-corrected chi connectivity index (χ3v) is 3.18. The SMILES string of the molecule is CC(=O)c1cccc(N2CCCNCCC2)c1. The van der Waals surface area contributed by atoms with Crippen LogP contribution in [0.2, 0.25) is 0 Å². The number of anilines is 1. The number of rotatable bonds is 2. The van der Waals surface area contributed by atoms with Crippen molar-refractivity contribution >= 4 is 11.5 Å². The molecule has 92 valence electrons. The van der Waals surface area contributed by atoms with Gasteiger partial charge in [-0.15, -0.1) is 0 Å². The molecule has 0 atom stereocenters. The standard InChI is InChI=1S/C14H20N2O/c1-12(17)13-5-2-6-14(11-13)16-9-3-7-15-8-4-10-16/h2,5-6,11,15H,3-4,7-10H2,1H3. The Morgan fingerprint density at radius 3 is 2.59 bits per heavy atom. The maximum absolute atomic E-state index is 11.4. The molecule has 2 rings (SSSR count). The summed E-state index contributed by atoms with van der Waals surface area (Å²) in [7, 11) is 0. The molecule has 1 saturated heterocycles. The molecule has 0 radical (unpaired) electrons. The van der Waals surface area contributed by atoms with Gasteiger partial charge in [0.2, 0.25) is 0 Å². The maximum atomic E-state index is 11.4. The molecule has 1 aromatic rings. The highest BCUT2D eigenvalue weighted by Gasteiger charge is 2.09. The van der Waals surface area contributed by atoms with E-state index < -0.39 is 0 Å². The maximum Gasteiger partial charge on any atom is 0.159 e. The van der Waals surface area contributed by atoms with Gasteiger partial charge in [-0.25, -0.2) is 0 Å². The van der Waals surface area contributed by atoms with Crippen LogP contribution >= 0.6 is 0 Å². The van der Waals surface area contributed by atoms with E-state index in [4.69, 9.17) is 0 Å².